The molecule has 2 aromatic rings. The molecule has 1 heterocycles. The van der Waals surface area contributed by atoms with E-state index >= 15 is 0 Å². The second kappa shape index (κ2) is 6.21. The van der Waals surface area contributed by atoms with E-state index in [-0.39, 0.29) is 11.6 Å². The minimum Gasteiger partial charge on any atom is -0.309 e. The highest BCUT2D eigenvalue weighted by molar-refractivity contribution is 7.13. The number of halogens is 2. The predicted molar refractivity (Wildman–Crippen MR) is 74.6 cm³/mol. The lowest BCUT2D eigenvalue weighted by atomic mass is 10.1. The molecule has 0 amide bonds. The van der Waals surface area contributed by atoms with E-state index in [2.05, 4.69) is 10.3 Å². The molecule has 102 valence electrons. The van der Waals surface area contributed by atoms with Crippen molar-refractivity contribution in [3.8, 4) is 10.6 Å². The molecule has 0 fully saturated rings. The highest BCUT2D eigenvalue weighted by Crippen LogP contribution is 2.29. The number of alkyl halides is 2. The Morgan fingerprint density at radius 2 is 2.16 bits per heavy atom. The fourth-order valence-corrected chi connectivity index (χ4v) is 2.75. The standard InChI is InChI=1S/C14H16F2N2S/c1-3-17-9(2)12-8-19-14(18-12)11-6-4-5-10(7-11)13(15)16/h4-9,13,17H,3H2,1-2H3. The average Bonchev–Trinajstić information content (AvgIpc) is 2.89. The van der Waals surface area contributed by atoms with Crippen LogP contribution in [-0.2, 0) is 0 Å². The maximum Gasteiger partial charge on any atom is 0.263 e. The molecule has 1 aromatic heterocycles. The molecule has 0 saturated carbocycles. The molecule has 1 N–H and O–H groups in total. The summed E-state index contributed by atoms with van der Waals surface area (Å²) in [5.41, 5.74) is 1.73. The molecule has 5 heteroatoms. The van der Waals surface area contributed by atoms with Gasteiger partial charge in [-0.25, -0.2) is 13.8 Å². The quantitative estimate of drug-likeness (QED) is 0.878. The Morgan fingerprint density at radius 3 is 2.84 bits per heavy atom. The van der Waals surface area contributed by atoms with Crippen LogP contribution in [0.4, 0.5) is 8.78 Å². The van der Waals surface area contributed by atoms with Gasteiger partial charge in [-0.15, -0.1) is 11.3 Å². The highest BCUT2D eigenvalue weighted by atomic mass is 32.1. The molecule has 1 aromatic carbocycles. The molecular weight excluding hydrogens is 266 g/mol. The largest absolute Gasteiger partial charge is 0.309 e. The van der Waals surface area contributed by atoms with E-state index in [1.165, 1.54) is 23.5 Å². The Balaban J connectivity index is 2.25. The SMILES string of the molecule is CCNC(C)c1csc(-c2cccc(C(F)F)c2)n1. The molecular formula is C14H16F2N2S. The van der Waals surface area contributed by atoms with E-state index in [1.54, 1.807) is 6.07 Å². The summed E-state index contributed by atoms with van der Waals surface area (Å²) >= 11 is 1.48. The molecule has 0 aliphatic rings. The number of aromatic nitrogens is 1. The Bertz CT molecular complexity index is 540. The summed E-state index contributed by atoms with van der Waals surface area (Å²) in [6, 6.07) is 6.57. The first-order chi connectivity index (χ1) is 9.11. The monoisotopic (exact) mass is 282 g/mol. The van der Waals surface area contributed by atoms with Crippen molar-refractivity contribution in [1.29, 1.82) is 0 Å². The second-order valence-electron chi connectivity index (χ2n) is 4.28. The molecule has 2 rings (SSSR count). The van der Waals surface area contributed by atoms with Crippen LogP contribution in [0.2, 0.25) is 0 Å². The van der Waals surface area contributed by atoms with Gasteiger partial charge < -0.3 is 5.32 Å². The van der Waals surface area contributed by atoms with E-state index in [0.717, 1.165) is 22.8 Å². The smallest absolute Gasteiger partial charge is 0.263 e. The summed E-state index contributed by atoms with van der Waals surface area (Å²) in [6.07, 6.45) is -2.44. The van der Waals surface area contributed by atoms with E-state index < -0.39 is 6.43 Å². The van der Waals surface area contributed by atoms with E-state index in [1.807, 2.05) is 25.3 Å². The summed E-state index contributed by atoms with van der Waals surface area (Å²) in [5.74, 6) is 0. The molecule has 0 bridgehead atoms. The van der Waals surface area contributed by atoms with Gasteiger partial charge in [0.2, 0.25) is 0 Å². The first kappa shape index (κ1) is 14.1. The molecule has 1 unspecified atom stereocenters. The van der Waals surface area contributed by atoms with Crippen LogP contribution in [0.3, 0.4) is 0 Å². The second-order valence-corrected chi connectivity index (χ2v) is 5.14. The maximum absolute atomic E-state index is 12.7. The van der Waals surface area contributed by atoms with Crippen molar-refractivity contribution in [1.82, 2.24) is 10.3 Å². The van der Waals surface area contributed by atoms with Gasteiger partial charge in [-0.2, -0.15) is 0 Å². The lowest BCUT2D eigenvalue weighted by molar-refractivity contribution is 0.151. The number of rotatable bonds is 5. The van der Waals surface area contributed by atoms with Gasteiger partial charge >= 0.3 is 0 Å². The number of thiazole rings is 1. The normalized spacial score (nSPS) is 12.9. The zero-order valence-electron chi connectivity index (χ0n) is 10.9. The van der Waals surface area contributed by atoms with Crippen molar-refractivity contribution in [2.24, 2.45) is 0 Å². The van der Waals surface area contributed by atoms with Crippen LogP contribution in [0, 0.1) is 0 Å². The number of nitrogens with one attached hydrogen (secondary N) is 1. The molecule has 19 heavy (non-hydrogen) atoms. The predicted octanol–water partition coefficient (Wildman–Crippen LogP) is 4.42. The third-order valence-corrected chi connectivity index (χ3v) is 3.77. The molecule has 0 spiro atoms. The molecule has 0 saturated heterocycles. The molecule has 1 atom stereocenters. The topological polar surface area (TPSA) is 24.9 Å². The molecule has 2 nitrogen and oxygen atoms in total. The van der Waals surface area contributed by atoms with Gasteiger partial charge in [0, 0.05) is 22.5 Å². The van der Waals surface area contributed by atoms with Gasteiger partial charge in [0.15, 0.2) is 0 Å². The summed E-state index contributed by atoms with van der Waals surface area (Å²) in [6.45, 7) is 4.95. The van der Waals surface area contributed by atoms with E-state index in [9.17, 15) is 8.78 Å². The number of hydrogen-bond acceptors (Lipinski definition) is 3. The Morgan fingerprint density at radius 1 is 1.37 bits per heavy atom. The van der Waals surface area contributed by atoms with Gasteiger partial charge in [0.1, 0.15) is 5.01 Å². The van der Waals surface area contributed by atoms with Crippen LogP contribution in [0.1, 0.15) is 37.6 Å². The molecule has 0 radical (unpaired) electrons. The lowest BCUT2D eigenvalue weighted by Gasteiger charge is -2.08. The lowest BCUT2D eigenvalue weighted by Crippen LogP contribution is -2.17. The fourth-order valence-electron chi connectivity index (χ4n) is 1.84. The van der Waals surface area contributed by atoms with Gasteiger partial charge in [0.25, 0.3) is 6.43 Å². The van der Waals surface area contributed by atoms with Crippen molar-refractivity contribution < 1.29 is 8.78 Å². The maximum atomic E-state index is 12.7. The van der Waals surface area contributed by atoms with Gasteiger partial charge in [-0.1, -0.05) is 25.1 Å². The van der Waals surface area contributed by atoms with E-state index in [4.69, 9.17) is 0 Å². The zero-order chi connectivity index (χ0) is 13.8. The van der Waals surface area contributed by atoms with Crippen LogP contribution in [0.25, 0.3) is 10.6 Å². The first-order valence-corrected chi connectivity index (χ1v) is 7.07. The van der Waals surface area contributed by atoms with E-state index in [0.29, 0.717) is 0 Å². The number of benzene rings is 1. The Hall–Kier alpha value is -1.33. The van der Waals surface area contributed by atoms with Crippen LogP contribution in [-0.4, -0.2) is 11.5 Å². The van der Waals surface area contributed by atoms with Crippen molar-refractivity contribution in [2.75, 3.05) is 6.54 Å². The van der Waals surface area contributed by atoms with Crippen molar-refractivity contribution in [3.05, 3.63) is 40.9 Å². The van der Waals surface area contributed by atoms with Crippen molar-refractivity contribution in [3.63, 3.8) is 0 Å². The van der Waals surface area contributed by atoms with Crippen molar-refractivity contribution in [2.45, 2.75) is 26.3 Å². The van der Waals surface area contributed by atoms with Gasteiger partial charge in [-0.05, 0) is 19.5 Å². The average molecular weight is 282 g/mol. The van der Waals surface area contributed by atoms with Crippen LogP contribution >= 0.6 is 11.3 Å². The number of hydrogen-bond donors (Lipinski definition) is 1. The van der Waals surface area contributed by atoms with Crippen LogP contribution < -0.4 is 5.32 Å². The summed E-state index contributed by atoms with van der Waals surface area (Å²) in [4.78, 5) is 4.51. The van der Waals surface area contributed by atoms with Crippen LogP contribution in [0.5, 0.6) is 0 Å². The van der Waals surface area contributed by atoms with Gasteiger partial charge in [-0.3, -0.25) is 0 Å². The summed E-state index contributed by atoms with van der Waals surface area (Å²) in [7, 11) is 0. The van der Waals surface area contributed by atoms with Crippen LogP contribution in [0.15, 0.2) is 29.6 Å². The Labute approximate surface area is 115 Å². The van der Waals surface area contributed by atoms with Gasteiger partial charge in [0.05, 0.1) is 5.69 Å². The molecule has 0 aliphatic carbocycles. The highest BCUT2D eigenvalue weighted by Gasteiger charge is 2.12. The first-order valence-electron chi connectivity index (χ1n) is 6.19. The Kier molecular flexibility index (Phi) is 4.61. The summed E-state index contributed by atoms with van der Waals surface area (Å²) in [5, 5.41) is 6.03. The minimum absolute atomic E-state index is 0.0361. The third kappa shape index (κ3) is 3.36. The zero-order valence-corrected chi connectivity index (χ0v) is 11.7. The minimum atomic E-state index is -2.44. The fraction of sp³-hybridized carbons (Fsp3) is 0.357. The third-order valence-electron chi connectivity index (χ3n) is 2.86. The van der Waals surface area contributed by atoms with Crippen molar-refractivity contribution >= 4 is 11.3 Å². The summed E-state index contributed by atoms with van der Waals surface area (Å²) < 4.78 is 25.3. The number of nitrogens with zero attached hydrogens (tertiary/aromatic N) is 1. The molecule has 0 aliphatic heterocycles.